The van der Waals surface area contributed by atoms with Crippen LogP contribution in [0, 0.1) is 144 Å². The van der Waals surface area contributed by atoms with Crippen LogP contribution in [0.3, 0.4) is 0 Å². The van der Waals surface area contributed by atoms with Gasteiger partial charge in [0.05, 0.1) is 48.5 Å². The molecule has 16 fully saturated rings. The second kappa shape index (κ2) is 18.2. The molecule has 10 spiro atoms. The number of aliphatic hydroxyl groups is 3. The van der Waals surface area contributed by atoms with Gasteiger partial charge in [0.15, 0.2) is 17.5 Å². The minimum atomic E-state index is -1.57. The van der Waals surface area contributed by atoms with Gasteiger partial charge in [0.1, 0.15) is 35.1 Å². The Morgan fingerprint density at radius 3 is 2.60 bits per heavy atom. The molecule has 1 aromatic carbocycles. The van der Waals surface area contributed by atoms with E-state index in [1.807, 2.05) is 6.26 Å². The number of hydrogen-bond donors (Lipinski definition) is 4. The Hall–Kier alpha value is -4.55. The highest BCUT2D eigenvalue weighted by Gasteiger charge is 3.04. The highest BCUT2D eigenvalue weighted by molar-refractivity contribution is 5.96. The predicted octanol–water partition coefficient (Wildman–Crippen LogP) is 11.0. The molecular formula is C83H98N2O11. The van der Waals surface area contributed by atoms with Crippen molar-refractivity contribution < 1.29 is 53.1 Å². The van der Waals surface area contributed by atoms with Crippen LogP contribution in [0.25, 0.3) is 0 Å². The van der Waals surface area contributed by atoms with Crippen LogP contribution in [0.2, 0.25) is 0 Å². The van der Waals surface area contributed by atoms with E-state index in [1.54, 1.807) is 0 Å². The van der Waals surface area contributed by atoms with Crippen LogP contribution in [0.1, 0.15) is 178 Å². The molecule has 30 atom stereocenters. The van der Waals surface area contributed by atoms with Gasteiger partial charge in [-0.05, 0) is 252 Å². The third-order valence-electron chi connectivity index (χ3n) is 36.3. The van der Waals surface area contributed by atoms with Crippen molar-refractivity contribution in [3.63, 3.8) is 0 Å². The summed E-state index contributed by atoms with van der Waals surface area (Å²) in [5.41, 5.74) is -6.29. The van der Waals surface area contributed by atoms with E-state index in [1.165, 1.54) is 62.5 Å². The van der Waals surface area contributed by atoms with Gasteiger partial charge in [-0.25, -0.2) is 4.79 Å². The molecule has 7 aliphatic heterocycles. The summed E-state index contributed by atoms with van der Waals surface area (Å²) in [6, 6.07) is 11.3. The van der Waals surface area contributed by atoms with Crippen LogP contribution in [0.4, 0.5) is 0 Å². The van der Waals surface area contributed by atoms with E-state index in [-0.39, 0.29) is 83.1 Å². The van der Waals surface area contributed by atoms with Gasteiger partial charge in [-0.3, -0.25) is 14.9 Å². The van der Waals surface area contributed by atoms with Gasteiger partial charge in [0.2, 0.25) is 0 Å². The largest absolute Gasteiger partial charge is 0.469 e. The molecule has 30 unspecified atom stereocenters. The Kier molecular flexibility index (Phi) is 11.0. The summed E-state index contributed by atoms with van der Waals surface area (Å²) >= 11 is 0. The van der Waals surface area contributed by atoms with E-state index in [0.29, 0.717) is 73.5 Å². The molecule has 8 heterocycles. The van der Waals surface area contributed by atoms with Crippen molar-refractivity contribution >= 4 is 17.7 Å². The molecule has 13 heteroatoms. The van der Waals surface area contributed by atoms with E-state index in [4.69, 9.17) is 23.4 Å². The first-order chi connectivity index (χ1) is 46.6. The normalized spacial score (nSPS) is 55.6. The van der Waals surface area contributed by atoms with Crippen molar-refractivity contribution in [3.8, 4) is 11.8 Å². The number of aliphatic hydroxyl groups excluding tert-OH is 3. The van der Waals surface area contributed by atoms with E-state index in [2.05, 4.69) is 96.7 Å². The summed E-state index contributed by atoms with van der Waals surface area (Å²) in [5.74, 6) is 7.10. The lowest BCUT2D eigenvalue weighted by Gasteiger charge is -2.75. The van der Waals surface area contributed by atoms with Gasteiger partial charge in [0, 0.05) is 46.7 Å². The van der Waals surface area contributed by atoms with Crippen LogP contribution in [0.5, 0.6) is 0 Å². The minimum absolute atomic E-state index is 0.0198. The number of nitrogens with zero attached hydrogens (tertiary/aromatic N) is 1. The zero-order valence-corrected chi connectivity index (χ0v) is 56.4. The molecule has 0 radical (unpaired) electrons. The lowest BCUT2D eigenvalue weighted by molar-refractivity contribution is -0.325. The number of ether oxygens (including phenoxy) is 4. The summed E-state index contributed by atoms with van der Waals surface area (Å²) in [7, 11) is 0. The number of nitrogens with one attached hydrogen (secondary N) is 1. The van der Waals surface area contributed by atoms with Gasteiger partial charge in [0.25, 0.3) is 0 Å². The Balaban J connectivity index is 0.794. The van der Waals surface area contributed by atoms with Gasteiger partial charge in [-0.1, -0.05) is 92.7 Å². The molecule has 13 nitrogen and oxygen atoms in total. The maximum absolute atomic E-state index is 17.9. The number of epoxide rings is 1. The standard InChI is InChI=1S/C83H98N2O11/c1-72-28-21-53-37-54-36-52-22-29-78-71(91)93-43-77(82(53,78)96-72)66-57(58-19-20-63-75(30-31-76(52,63)80(54,58)78)27-8-26-74(75)24-6-7-25-74)39-73(2)81-51(17-14-50-42-92-62(64(50)81)38-56(61(87)41-86)48-15-18-55-49(35-48)23-32-85-44-84-40-60(55)85)16-13-47-12-11-46(33-45-9-4-3-5-10-45)34-59(47)79(66,68(89)65(88)67(72)77)83(73)69(94-83)70(90)95-81/h3-5,9-10,21-23,29,32,42,46-49,51-52,54-61,63,66-69,84,86-87,89H,6-8,11-12,14-15,17-20,24-28,30-31,33-41,43-44H2,1-2H3. The van der Waals surface area contributed by atoms with E-state index >= 15 is 19.5 Å². The van der Waals surface area contributed by atoms with Crippen LogP contribution in [0.15, 0.2) is 77.1 Å². The SMILES string of the molecule is CC12CC=C3CC4CC5C=CC67C(=O)OCC8(C1C(=O)C(O)C19C%10CC(Cc%11ccccc%11)CCC%10C#CC%10CCc%11coc(CC(C(O)CO)C%12CCC%13C(C=CN%14CNCC%13%14)C%12)c%11C%10%11OC(=O)C%10OC%101C%11(C)CC(C89)C1CCC8C9(CCCC9%10CCCC%10)CCC58C416)C37O2. The van der Waals surface area contributed by atoms with Crippen LogP contribution in [-0.4, -0.2) is 106 Å². The van der Waals surface area contributed by atoms with Gasteiger partial charge in [-0.2, -0.15) is 0 Å². The van der Waals surface area contributed by atoms with Gasteiger partial charge < -0.3 is 43.6 Å². The molecule has 11 saturated carbocycles. The smallest absolute Gasteiger partial charge is 0.339 e. The molecule has 21 aliphatic rings. The molecule has 0 amide bonds. The average molecular weight is 1300 g/mol. The van der Waals surface area contributed by atoms with E-state index < -0.39 is 97.4 Å². The number of hydrogen-bond acceptors (Lipinski definition) is 13. The number of fused-ring (bicyclic) bond motifs is 10. The number of allylic oxidation sites excluding steroid dienone is 2. The molecule has 1 aromatic heterocycles. The van der Waals surface area contributed by atoms with Gasteiger partial charge >= 0.3 is 11.9 Å². The average Bonchev–Trinajstić information content (AvgIpc) is 1.39. The van der Waals surface area contributed by atoms with Crippen molar-refractivity contribution in [3.05, 3.63) is 95.1 Å². The Bertz CT molecular complexity index is 3980. The zero-order valence-electron chi connectivity index (χ0n) is 56.4. The molecule has 14 aliphatic carbocycles. The minimum Gasteiger partial charge on any atom is -0.469 e. The number of esters is 2. The highest BCUT2D eigenvalue weighted by atomic mass is 16.7. The lowest BCUT2D eigenvalue weighted by Crippen LogP contribution is -2.85. The molecule has 4 N–H and O–H groups in total. The van der Waals surface area contributed by atoms with Crippen molar-refractivity contribution in [2.75, 3.05) is 26.4 Å². The summed E-state index contributed by atoms with van der Waals surface area (Å²) in [6.45, 7) is 6.08. The molecule has 506 valence electrons. The molecule has 96 heavy (non-hydrogen) atoms. The number of aryl methyl sites for hydroxylation is 1. The van der Waals surface area contributed by atoms with Crippen molar-refractivity contribution in [2.45, 2.75) is 221 Å². The van der Waals surface area contributed by atoms with Crippen LogP contribution >= 0.6 is 0 Å². The number of ketones is 1. The quantitative estimate of drug-likeness (QED) is 0.0891. The maximum Gasteiger partial charge on any atom is 0.339 e. The highest BCUT2D eigenvalue weighted by Crippen LogP contribution is 2.99. The summed E-state index contributed by atoms with van der Waals surface area (Å²) in [6.07, 6.45) is 34.6. The fraction of sp³-hybridized carbons (Fsp3) is 0.747. The molecule has 2 aromatic rings. The second-order valence-corrected chi connectivity index (χ2v) is 37.5. The van der Waals surface area contributed by atoms with E-state index in [9.17, 15) is 10.2 Å². The molecule has 10 bridgehead atoms. The molecule has 23 rings (SSSR count). The first-order valence-corrected chi connectivity index (χ1v) is 39.1. The topological polar surface area (TPSA) is 181 Å². The number of carbonyl (C=O) groups is 3. The number of Topliss-reactive ketones (excluding diaryl/α,β-unsaturated/α-hetero) is 1. The maximum atomic E-state index is 17.9. The number of furan rings is 1. The van der Waals surface area contributed by atoms with Crippen LogP contribution < -0.4 is 5.32 Å². The first-order valence-electron chi connectivity index (χ1n) is 39.1. The fourth-order valence-electron chi connectivity index (χ4n) is 34.7. The van der Waals surface area contributed by atoms with Gasteiger partial charge in [-0.15, -0.1) is 0 Å². The molecular weight excluding hydrogens is 1200 g/mol. The third kappa shape index (κ3) is 5.67. The lowest BCUT2D eigenvalue weighted by atomic mass is 9.27. The zero-order chi connectivity index (χ0) is 64.1. The predicted molar refractivity (Wildman–Crippen MR) is 351 cm³/mol. The number of benzene rings is 1. The van der Waals surface area contributed by atoms with Crippen molar-refractivity contribution in [2.24, 2.45) is 132 Å². The van der Waals surface area contributed by atoms with Crippen molar-refractivity contribution in [1.82, 2.24) is 10.2 Å². The van der Waals surface area contributed by atoms with Crippen molar-refractivity contribution in [1.29, 1.82) is 0 Å². The molecule has 5 saturated heterocycles. The monoisotopic (exact) mass is 1300 g/mol. The number of rotatable bonds is 7. The number of cyclic esters (lactones) is 1. The summed E-state index contributed by atoms with van der Waals surface area (Å²) in [4.78, 5) is 54.4. The number of carbonyl (C=O) groups excluding carboxylic acids is 3. The summed E-state index contributed by atoms with van der Waals surface area (Å²) in [5, 5.41) is 42.7. The van der Waals surface area contributed by atoms with E-state index in [0.717, 1.165) is 95.0 Å². The Morgan fingerprint density at radius 1 is 0.875 bits per heavy atom. The second-order valence-electron chi connectivity index (χ2n) is 37.5. The Labute approximate surface area is 564 Å². The fourth-order valence-corrected chi connectivity index (χ4v) is 34.7. The summed E-state index contributed by atoms with van der Waals surface area (Å²) < 4.78 is 39.3. The third-order valence-corrected chi connectivity index (χ3v) is 36.3. The first kappa shape index (κ1) is 58.1. The van der Waals surface area contributed by atoms with Crippen LogP contribution in [-0.2, 0) is 58.2 Å². The Morgan fingerprint density at radius 2 is 1.74 bits per heavy atom.